The highest BCUT2D eigenvalue weighted by Crippen LogP contribution is 2.24. The van der Waals surface area contributed by atoms with E-state index in [0.717, 1.165) is 68.2 Å². The minimum atomic E-state index is 0.242. The number of hydrogen-bond acceptors (Lipinski definition) is 4. The van der Waals surface area contributed by atoms with Crippen molar-refractivity contribution in [2.45, 2.75) is 33.6 Å². The zero-order valence-electron chi connectivity index (χ0n) is 15.0. The summed E-state index contributed by atoms with van der Waals surface area (Å²) < 4.78 is 5.74. The maximum Gasteiger partial charge on any atom is 0.164 e. The molecule has 0 unspecified atom stereocenters. The van der Waals surface area contributed by atoms with Gasteiger partial charge in [-0.2, -0.15) is 0 Å². The molecule has 1 fully saturated rings. The fraction of sp³-hybridized carbons (Fsp3) is 0.632. The van der Waals surface area contributed by atoms with Crippen molar-refractivity contribution >= 4 is 5.78 Å². The molecule has 4 heteroatoms. The maximum absolute atomic E-state index is 12.6. The number of likely N-dealkylation sites (N-methyl/N-ethyl adjacent to an activating group) is 1. The second-order valence-electron chi connectivity index (χ2n) is 6.60. The van der Waals surface area contributed by atoms with E-state index in [4.69, 9.17) is 4.74 Å². The average Bonchev–Trinajstić information content (AvgIpc) is 2.54. The smallest absolute Gasteiger partial charge is 0.164 e. The van der Waals surface area contributed by atoms with Crippen molar-refractivity contribution in [2.24, 2.45) is 0 Å². The Hall–Kier alpha value is -1.39. The highest BCUT2D eigenvalue weighted by atomic mass is 16.5. The zero-order chi connectivity index (χ0) is 16.8. The molecule has 1 aliphatic rings. The number of nitrogens with zero attached hydrogens (tertiary/aromatic N) is 2. The van der Waals surface area contributed by atoms with Crippen LogP contribution in [0.5, 0.6) is 5.75 Å². The van der Waals surface area contributed by atoms with Gasteiger partial charge in [-0.1, -0.05) is 6.92 Å². The molecule has 0 radical (unpaired) electrons. The number of carbonyl (C=O) groups is 1. The predicted octanol–water partition coefficient (Wildman–Crippen LogP) is 2.91. The van der Waals surface area contributed by atoms with Gasteiger partial charge in [-0.15, -0.1) is 0 Å². The van der Waals surface area contributed by atoms with E-state index in [-0.39, 0.29) is 5.78 Å². The Morgan fingerprint density at radius 1 is 1.13 bits per heavy atom. The minimum absolute atomic E-state index is 0.242. The van der Waals surface area contributed by atoms with Crippen LogP contribution in [0.4, 0.5) is 0 Å². The van der Waals surface area contributed by atoms with Gasteiger partial charge in [-0.25, -0.2) is 0 Å². The van der Waals surface area contributed by atoms with Gasteiger partial charge < -0.3 is 14.5 Å². The number of ketones is 1. The summed E-state index contributed by atoms with van der Waals surface area (Å²) >= 11 is 0. The first-order chi connectivity index (χ1) is 11.0. The summed E-state index contributed by atoms with van der Waals surface area (Å²) in [5.74, 6) is 1.14. The molecule has 4 nitrogen and oxygen atoms in total. The fourth-order valence-corrected chi connectivity index (χ4v) is 2.92. The first-order valence-corrected chi connectivity index (χ1v) is 8.69. The summed E-state index contributed by atoms with van der Waals surface area (Å²) in [5.41, 5.74) is 2.91. The van der Waals surface area contributed by atoms with Crippen LogP contribution in [0.15, 0.2) is 12.1 Å². The highest BCUT2D eigenvalue weighted by molar-refractivity contribution is 5.98. The van der Waals surface area contributed by atoms with Crippen molar-refractivity contribution in [2.75, 3.05) is 46.4 Å². The van der Waals surface area contributed by atoms with Gasteiger partial charge in [0.1, 0.15) is 5.75 Å². The van der Waals surface area contributed by atoms with E-state index in [2.05, 4.69) is 23.8 Å². The molecular weight excluding hydrogens is 288 g/mol. The Morgan fingerprint density at radius 2 is 1.83 bits per heavy atom. The molecular formula is C19H30N2O2. The molecule has 0 bridgehead atoms. The molecule has 1 saturated heterocycles. The van der Waals surface area contributed by atoms with Crippen LogP contribution >= 0.6 is 0 Å². The summed E-state index contributed by atoms with van der Waals surface area (Å²) in [6.07, 6.45) is 1.59. The zero-order valence-corrected chi connectivity index (χ0v) is 15.0. The lowest BCUT2D eigenvalue weighted by atomic mass is 9.99. The maximum atomic E-state index is 12.6. The van der Waals surface area contributed by atoms with Gasteiger partial charge in [-0.05, 0) is 50.6 Å². The molecule has 0 aromatic heterocycles. The van der Waals surface area contributed by atoms with Gasteiger partial charge in [0.25, 0.3) is 0 Å². The summed E-state index contributed by atoms with van der Waals surface area (Å²) in [6.45, 7) is 12.0. The monoisotopic (exact) mass is 318 g/mol. The number of ether oxygens (including phenoxy) is 1. The minimum Gasteiger partial charge on any atom is -0.493 e. The molecule has 0 saturated carbocycles. The van der Waals surface area contributed by atoms with Crippen LogP contribution in [0.3, 0.4) is 0 Å². The highest BCUT2D eigenvalue weighted by Gasteiger charge is 2.17. The fourth-order valence-electron chi connectivity index (χ4n) is 2.92. The molecule has 0 N–H and O–H groups in total. The Balaban J connectivity index is 1.95. The third-order valence-corrected chi connectivity index (χ3v) is 4.54. The number of rotatable bonds is 7. The van der Waals surface area contributed by atoms with Gasteiger partial charge in [0.2, 0.25) is 0 Å². The van der Waals surface area contributed by atoms with Gasteiger partial charge in [-0.3, -0.25) is 4.79 Å². The van der Waals surface area contributed by atoms with E-state index in [1.54, 1.807) is 0 Å². The largest absolute Gasteiger partial charge is 0.493 e. The number of piperazine rings is 1. The first-order valence-electron chi connectivity index (χ1n) is 8.69. The average molecular weight is 318 g/mol. The van der Waals surface area contributed by atoms with Crippen molar-refractivity contribution in [3.05, 3.63) is 28.8 Å². The van der Waals surface area contributed by atoms with Crippen LogP contribution in [0.2, 0.25) is 0 Å². The van der Waals surface area contributed by atoms with Crippen molar-refractivity contribution < 1.29 is 9.53 Å². The van der Waals surface area contributed by atoms with E-state index < -0.39 is 0 Å². The molecule has 1 aliphatic heterocycles. The molecule has 0 aliphatic carbocycles. The standard InChI is InChI=1S/C19H30N2O2/c1-5-12-23-19-14-15(2)17(13-16(19)3)18(22)6-7-21-10-8-20(4)9-11-21/h13-14H,5-12H2,1-4H3. The second kappa shape index (κ2) is 8.46. The quantitative estimate of drug-likeness (QED) is 0.724. The lowest BCUT2D eigenvalue weighted by Crippen LogP contribution is -2.45. The van der Waals surface area contributed by atoms with Gasteiger partial charge in [0.15, 0.2) is 5.78 Å². The molecule has 1 aromatic rings. The Labute approximate surface area is 140 Å². The van der Waals surface area contributed by atoms with Crippen LogP contribution < -0.4 is 4.74 Å². The van der Waals surface area contributed by atoms with Crippen LogP contribution in [-0.4, -0.2) is 62.0 Å². The van der Waals surface area contributed by atoms with E-state index in [0.29, 0.717) is 6.42 Å². The van der Waals surface area contributed by atoms with E-state index in [1.165, 1.54) is 0 Å². The van der Waals surface area contributed by atoms with Crippen LogP contribution in [-0.2, 0) is 0 Å². The van der Waals surface area contributed by atoms with Crippen LogP contribution in [0.1, 0.15) is 41.3 Å². The third kappa shape index (κ3) is 5.05. The number of Topliss-reactive ketones (excluding diaryl/α,β-unsaturated/α-hetero) is 1. The van der Waals surface area contributed by atoms with Crippen molar-refractivity contribution in [1.82, 2.24) is 9.80 Å². The first kappa shape index (κ1) is 18.0. The lowest BCUT2D eigenvalue weighted by Gasteiger charge is -2.32. The van der Waals surface area contributed by atoms with Gasteiger partial charge >= 0.3 is 0 Å². The lowest BCUT2D eigenvalue weighted by molar-refractivity contribution is 0.0941. The van der Waals surface area contributed by atoms with E-state index >= 15 is 0 Å². The molecule has 0 atom stereocenters. The number of aryl methyl sites for hydroxylation is 2. The van der Waals surface area contributed by atoms with Gasteiger partial charge in [0, 0.05) is 44.7 Å². The number of benzene rings is 1. The molecule has 1 aromatic carbocycles. The molecule has 23 heavy (non-hydrogen) atoms. The van der Waals surface area contributed by atoms with Crippen molar-refractivity contribution in [1.29, 1.82) is 0 Å². The summed E-state index contributed by atoms with van der Waals surface area (Å²) in [4.78, 5) is 17.3. The topological polar surface area (TPSA) is 32.8 Å². The summed E-state index contributed by atoms with van der Waals surface area (Å²) in [5, 5.41) is 0. The third-order valence-electron chi connectivity index (χ3n) is 4.54. The predicted molar refractivity (Wildman–Crippen MR) is 94.6 cm³/mol. The molecule has 0 amide bonds. The summed E-state index contributed by atoms with van der Waals surface area (Å²) in [6, 6.07) is 4.00. The number of hydrogen-bond donors (Lipinski definition) is 0. The normalized spacial score (nSPS) is 16.5. The molecule has 2 rings (SSSR count). The van der Waals surface area contributed by atoms with E-state index in [9.17, 15) is 4.79 Å². The van der Waals surface area contributed by atoms with Crippen molar-refractivity contribution in [3.8, 4) is 5.75 Å². The molecule has 0 spiro atoms. The Kier molecular flexibility index (Phi) is 6.60. The number of carbonyl (C=O) groups excluding carboxylic acids is 1. The van der Waals surface area contributed by atoms with Crippen LogP contribution in [0, 0.1) is 13.8 Å². The van der Waals surface area contributed by atoms with Crippen LogP contribution in [0.25, 0.3) is 0 Å². The molecule has 1 heterocycles. The summed E-state index contributed by atoms with van der Waals surface area (Å²) in [7, 11) is 2.15. The van der Waals surface area contributed by atoms with E-state index in [1.807, 2.05) is 26.0 Å². The SMILES string of the molecule is CCCOc1cc(C)c(C(=O)CCN2CCN(C)CC2)cc1C. The van der Waals surface area contributed by atoms with Gasteiger partial charge in [0.05, 0.1) is 6.61 Å². The molecule has 128 valence electrons. The Bertz CT molecular complexity index is 534. The second-order valence-corrected chi connectivity index (χ2v) is 6.60. The Morgan fingerprint density at radius 3 is 2.48 bits per heavy atom. The van der Waals surface area contributed by atoms with Crippen molar-refractivity contribution in [3.63, 3.8) is 0 Å².